The molecule has 2 heterocycles. The molecule has 0 N–H and O–H groups in total. The number of hydrogen-bond acceptors (Lipinski definition) is 3. The van der Waals surface area contributed by atoms with Gasteiger partial charge in [0.1, 0.15) is 0 Å². The summed E-state index contributed by atoms with van der Waals surface area (Å²) in [7, 11) is 0. The molecule has 2 aromatic carbocycles. The molecule has 2 aromatic heterocycles. The Bertz CT molecular complexity index is 1070. The summed E-state index contributed by atoms with van der Waals surface area (Å²) < 4.78 is 2.20. The van der Waals surface area contributed by atoms with Crippen LogP contribution in [0.1, 0.15) is 22.4 Å². The van der Waals surface area contributed by atoms with Crippen molar-refractivity contribution in [2.75, 3.05) is 0 Å². The van der Waals surface area contributed by atoms with Gasteiger partial charge in [-0.05, 0) is 41.8 Å². The Balaban J connectivity index is 1.40. The Morgan fingerprint density at radius 2 is 1.68 bits per heavy atom. The van der Waals surface area contributed by atoms with Crippen LogP contribution in [-0.2, 0) is 19.4 Å². The van der Waals surface area contributed by atoms with Gasteiger partial charge in [0.2, 0.25) is 0 Å². The van der Waals surface area contributed by atoms with Crippen molar-refractivity contribution in [1.82, 2.24) is 14.5 Å². The van der Waals surface area contributed by atoms with Crippen molar-refractivity contribution in [3.63, 3.8) is 0 Å². The van der Waals surface area contributed by atoms with Gasteiger partial charge in [-0.2, -0.15) is 5.26 Å². The highest BCUT2D eigenvalue weighted by Gasteiger charge is 2.05. The van der Waals surface area contributed by atoms with E-state index in [1.54, 1.807) is 0 Å². The molecular formula is C24H20N4. The molecule has 0 aliphatic rings. The molecule has 0 unspecified atom stereocenters. The minimum atomic E-state index is 0.686. The number of nitrogens with zero attached hydrogens (tertiary/aromatic N) is 4. The first-order valence-corrected chi connectivity index (χ1v) is 9.30. The summed E-state index contributed by atoms with van der Waals surface area (Å²) in [6.45, 7) is 0.883. The van der Waals surface area contributed by atoms with Crippen LogP contribution in [0.25, 0.3) is 11.3 Å². The van der Waals surface area contributed by atoms with E-state index in [1.807, 2.05) is 61.2 Å². The molecule has 0 spiro atoms. The van der Waals surface area contributed by atoms with Crippen LogP contribution < -0.4 is 0 Å². The molecule has 0 aliphatic heterocycles. The van der Waals surface area contributed by atoms with Gasteiger partial charge in [-0.3, -0.25) is 4.98 Å². The first kappa shape index (κ1) is 17.7. The molecule has 0 fully saturated rings. The van der Waals surface area contributed by atoms with Crippen molar-refractivity contribution in [1.29, 1.82) is 5.26 Å². The molecule has 136 valence electrons. The highest BCUT2D eigenvalue weighted by Crippen LogP contribution is 2.18. The Labute approximate surface area is 164 Å². The average molecular weight is 364 g/mol. The quantitative estimate of drug-likeness (QED) is 0.500. The van der Waals surface area contributed by atoms with E-state index in [1.165, 1.54) is 16.8 Å². The maximum atomic E-state index is 8.92. The lowest BCUT2D eigenvalue weighted by molar-refractivity contribution is 0.668. The molecule has 0 amide bonds. The van der Waals surface area contributed by atoms with E-state index in [-0.39, 0.29) is 0 Å². The zero-order valence-corrected chi connectivity index (χ0v) is 15.5. The van der Waals surface area contributed by atoms with Crippen LogP contribution in [0.3, 0.4) is 0 Å². The van der Waals surface area contributed by atoms with Gasteiger partial charge in [0, 0.05) is 36.6 Å². The summed E-state index contributed by atoms with van der Waals surface area (Å²) in [6.07, 6.45) is 7.38. The lowest BCUT2D eigenvalue weighted by atomic mass is 10.1. The number of hydrogen-bond donors (Lipinski definition) is 0. The van der Waals surface area contributed by atoms with Crippen LogP contribution in [0.2, 0.25) is 0 Å². The molecule has 28 heavy (non-hydrogen) atoms. The van der Waals surface area contributed by atoms with E-state index in [0.29, 0.717) is 5.56 Å². The third kappa shape index (κ3) is 4.16. The smallest absolute Gasteiger partial charge is 0.0991 e. The molecule has 0 atom stereocenters. The molecule has 0 aliphatic carbocycles. The normalized spacial score (nSPS) is 10.5. The van der Waals surface area contributed by atoms with Gasteiger partial charge in [0.25, 0.3) is 0 Å². The largest absolute Gasteiger partial charge is 0.334 e. The molecule has 4 nitrogen and oxygen atoms in total. The molecule has 4 aromatic rings. The van der Waals surface area contributed by atoms with Gasteiger partial charge >= 0.3 is 0 Å². The van der Waals surface area contributed by atoms with Crippen LogP contribution in [0.4, 0.5) is 0 Å². The Hall–Kier alpha value is -3.71. The van der Waals surface area contributed by atoms with Crippen molar-refractivity contribution >= 4 is 0 Å². The average Bonchev–Trinajstić information content (AvgIpc) is 3.21. The number of aromatic nitrogens is 3. The van der Waals surface area contributed by atoms with Crippen molar-refractivity contribution in [2.24, 2.45) is 0 Å². The number of rotatable bonds is 6. The summed E-state index contributed by atoms with van der Waals surface area (Å²) in [5.74, 6) is 0. The molecule has 4 heteroatoms. The summed E-state index contributed by atoms with van der Waals surface area (Å²) in [4.78, 5) is 8.72. The molecule has 0 saturated carbocycles. The van der Waals surface area contributed by atoms with Crippen molar-refractivity contribution in [3.8, 4) is 17.3 Å². The first-order valence-electron chi connectivity index (χ1n) is 9.30. The lowest BCUT2D eigenvalue weighted by Crippen LogP contribution is -2.05. The van der Waals surface area contributed by atoms with Crippen LogP contribution in [0, 0.1) is 11.3 Å². The van der Waals surface area contributed by atoms with Crippen molar-refractivity contribution < 1.29 is 0 Å². The number of nitriles is 1. The standard InChI is InChI=1S/C24H20N4/c25-16-21-6-4-20(5-7-21)15-23-17-26-18-28(23)14-12-19-8-10-22(11-9-19)24-3-1-2-13-27-24/h1-11,13,17-18H,12,14-15H2. The predicted octanol–water partition coefficient (Wildman–Crippen LogP) is 4.65. The summed E-state index contributed by atoms with van der Waals surface area (Å²) >= 11 is 0. The van der Waals surface area contributed by atoms with Crippen LogP contribution in [0.5, 0.6) is 0 Å². The van der Waals surface area contributed by atoms with E-state index in [9.17, 15) is 0 Å². The summed E-state index contributed by atoms with van der Waals surface area (Å²) in [5, 5.41) is 8.92. The second-order valence-electron chi connectivity index (χ2n) is 6.73. The highest BCUT2D eigenvalue weighted by molar-refractivity contribution is 5.59. The number of imidazole rings is 1. The minimum Gasteiger partial charge on any atom is -0.334 e. The second kappa shape index (κ2) is 8.32. The fraction of sp³-hybridized carbons (Fsp3) is 0.125. The van der Waals surface area contributed by atoms with Crippen LogP contribution in [-0.4, -0.2) is 14.5 Å². The van der Waals surface area contributed by atoms with E-state index in [0.717, 1.165) is 30.6 Å². The topological polar surface area (TPSA) is 54.5 Å². The van der Waals surface area contributed by atoms with E-state index < -0.39 is 0 Å². The molecule has 0 radical (unpaired) electrons. The van der Waals surface area contributed by atoms with Crippen LogP contribution in [0.15, 0.2) is 85.5 Å². The SMILES string of the molecule is N#Cc1ccc(Cc2cncn2CCc2ccc(-c3ccccn3)cc2)cc1. The second-order valence-corrected chi connectivity index (χ2v) is 6.73. The maximum absolute atomic E-state index is 8.92. The van der Waals surface area contributed by atoms with Gasteiger partial charge < -0.3 is 4.57 Å². The van der Waals surface area contributed by atoms with E-state index in [4.69, 9.17) is 5.26 Å². The van der Waals surface area contributed by atoms with Gasteiger partial charge in [-0.1, -0.05) is 42.5 Å². The monoisotopic (exact) mass is 364 g/mol. The minimum absolute atomic E-state index is 0.686. The Morgan fingerprint density at radius 1 is 0.893 bits per heavy atom. The fourth-order valence-electron chi connectivity index (χ4n) is 3.23. The number of benzene rings is 2. The molecule has 0 bridgehead atoms. The lowest BCUT2D eigenvalue weighted by Gasteiger charge is -2.09. The highest BCUT2D eigenvalue weighted by atomic mass is 15.0. The zero-order chi connectivity index (χ0) is 19.2. The van der Waals surface area contributed by atoms with Gasteiger partial charge in [-0.15, -0.1) is 0 Å². The van der Waals surface area contributed by atoms with Gasteiger partial charge in [-0.25, -0.2) is 4.98 Å². The van der Waals surface area contributed by atoms with E-state index >= 15 is 0 Å². The maximum Gasteiger partial charge on any atom is 0.0991 e. The van der Waals surface area contributed by atoms with Crippen LogP contribution >= 0.6 is 0 Å². The number of pyridine rings is 1. The van der Waals surface area contributed by atoms with E-state index in [2.05, 4.69) is 44.9 Å². The third-order valence-corrected chi connectivity index (χ3v) is 4.82. The molecular weight excluding hydrogens is 344 g/mol. The first-order chi connectivity index (χ1) is 13.8. The fourth-order valence-corrected chi connectivity index (χ4v) is 3.23. The predicted molar refractivity (Wildman–Crippen MR) is 110 cm³/mol. The number of aryl methyl sites for hydroxylation is 2. The van der Waals surface area contributed by atoms with Crippen molar-refractivity contribution in [3.05, 3.63) is 108 Å². The third-order valence-electron chi connectivity index (χ3n) is 4.82. The Morgan fingerprint density at radius 3 is 2.39 bits per heavy atom. The summed E-state index contributed by atoms with van der Waals surface area (Å²) in [5.41, 5.74) is 6.46. The Kier molecular flexibility index (Phi) is 5.26. The van der Waals surface area contributed by atoms with Crippen molar-refractivity contribution in [2.45, 2.75) is 19.4 Å². The molecule has 4 rings (SSSR count). The zero-order valence-electron chi connectivity index (χ0n) is 15.5. The van der Waals surface area contributed by atoms with Gasteiger partial charge in [0.15, 0.2) is 0 Å². The van der Waals surface area contributed by atoms with Gasteiger partial charge in [0.05, 0.1) is 23.7 Å². The molecule has 0 saturated heterocycles. The summed E-state index contributed by atoms with van der Waals surface area (Å²) in [6, 6.07) is 24.4.